The number of carbonyl (C=O) groups is 1. The fourth-order valence-electron chi connectivity index (χ4n) is 7.99. The number of methoxy groups -OCH3 is 2. The fraction of sp³-hybridized carbons (Fsp3) is 0.511. The van der Waals surface area contributed by atoms with Gasteiger partial charge in [-0.1, -0.05) is 51.0 Å². The summed E-state index contributed by atoms with van der Waals surface area (Å²) in [6, 6.07) is 18.3. The van der Waals surface area contributed by atoms with E-state index in [9.17, 15) is 9.90 Å². The Morgan fingerprint density at radius 2 is 1.51 bits per heavy atom. The molecule has 0 radical (unpaired) electrons. The smallest absolute Gasteiger partial charge is 0.410 e. The van der Waals surface area contributed by atoms with Gasteiger partial charge in [-0.3, -0.25) is 0 Å². The van der Waals surface area contributed by atoms with Crippen molar-refractivity contribution in [3.05, 3.63) is 94.9 Å². The zero-order chi connectivity index (χ0) is 43.7. The van der Waals surface area contributed by atoms with Crippen LogP contribution in [-0.2, 0) is 17.8 Å². The number of hydrogen-bond donors (Lipinski definition) is 2. The quantitative estimate of drug-likeness (QED) is 0.0873. The van der Waals surface area contributed by atoms with E-state index in [-0.39, 0.29) is 12.1 Å². The number of piperidine rings is 1. The lowest BCUT2D eigenvalue weighted by atomic mass is 9.96. The Morgan fingerprint density at radius 3 is 2.03 bits per heavy atom. The number of pyridine rings is 1. The first-order valence-electron chi connectivity index (χ1n) is 21.7. The van der Waals surface area contributed by atoms with Gasteiger partial charge in [0.2, 0.25) is 5.95 Å². The van der Waals surface area contributed by atoms with E-state index in [0.717, 1.165) is 85.6 Å². The molecule has 14 heteroatoms. The van der Waals surface area contributed by atoms with Crippen molar-refractivity contribution in [3.63, 3.8) is 0 Å². The van der Waals surface area contributed by atoms with E-state index in [1.807, 2.05) is 58.0 Å². The maximum atomic E-state index is 12.6. The number of anilines is 3. The van der Waals surface area contributed by atoms with Crippen molar-refractivity contribution >= 4 is 29.3 Å². The monoisotopic (exact) mass is 836 g/mol. The van der Waals surface area contributed by atoms with Gasteiger partial charge in [-0.05, 0) is 106 Å². The van der Waals surface area contributed by atoms with Crippen molar-refractivity contribution in [2.45, 2.75) is 111 Å². The molecule has 1 amide bonds. The highest BCUT2D eigenvalue weighted by atomic mass is 16.6. The van der Waals surface area contributed by atoms with E-state index in [2.05, 4.69) is 53.2 Å². The number of benzene rings is 2. The number of aliphatic hydroxyl groups is 1. The lowest BCUT2D eigenvalue weighted by Gasteiger charge is -2.35. The zero-order valence-corrected chi connectivity index (χ0v) is 37.5. The third-order valence-electron chi connectivity index (χ3n) is 11.2. The summed E-state index contributed by atoms with van der Waals surface area (Å²) >= 11 is 0. The molecule has 1 unspecified atom stereocenters. The van der Waals surface area contributed by atoms with Gasteiger partial charge in [0.25, 0.3) is 0 Å². The molecule has 5 aromatic rings. The number of ether oxygens (including phenoxy) is 3. The van der Waals surface area contributed by atoms with E-state index >= 15 is 0 Å². The molecule has 2 aromatic carbocycles. The Hall–Kier alpha value is -5.63. The predicted molar refractivity (Wildman–Crippen MR) is 241 cm³/mol. The van der Waals surface area contributed by atoms with E-state index in [1.165, 1.54) is 0 Å². The number of nitrogens with one attached hydrogen (secondary N) is 1. The van der Waals surface area contributed by atoms with E-state index in [1.54, 1.807) is 43.1 Å². The SMILES string of the molecule is CCCC(CCC)Nc1nc(N(Cc2ccc(OC)cc2)Cc2ccc(OC)cc2)c2ncc(C(O)c3cnc(N4CCC(CN(C)C(=O)OC(C)(C)C)CC4)c(C)c3)n2n1. The molecule has 1 fully saturated rings. The molecule has 1 aliphatic heterocycles. The largest absolute Gasteiger partial charge is 0.497 e. The molecule has 0 saturated carbocycles. The van der Waals surface area contributed by atoms with E-state index in [4.69, 9.17) is 34.3 Å². The first kappa shape index (κ1) is 44.9. The molecule has 61 heavy (non-hydrogen) atoms. The lowest BCUT2D eigenvalue weighted by molar-refractivity contribution is 0.0266. The molecular formula is C47H65N9O5. The first-order valence-corrected chi connectivity index (χ1v) is 21.7. The number of imidazole rings is 1. The van der Waals surface area contributed by atoms with Crippen LogP contribution in [0.25, 0.3) is 5.65 Å². The minimum Gasteiger partial charge on any atom is -0.497 e. The maximum absolute atomic E-state index is 12.6. The molecular weight excluding hydrogens is 771 g/mol. The molecule has 1 atom stereocenters. The Labute approximate surface area is 361 Å². The molecule has 0 spiro atoms. The summed E-state index contributed by atoms with van der Waals surface area (Å²) in [7, 11) is 5.14. The summed E-state index contributed by atoms with van der Waals surface area (Å²) in [6.45, 7) is 15.4. The summed E-state index contributed by atoms with van der Waals surface area (Å²) in [4.78, 5) is 33.7. The maximum Gasteiger partial charge on any atom is 0.410 e. The Bertz CT molecular complexity index is 2120. The van der Waals surface area contributed by atoms with Crippen LogP contribution < -0.4 is 24.6 Å². The second kappa shape index (κ2) is 20.3. The molecule has 6 rings (SSSR count). The lowest BCUT2D eigenvalue weighted by Crippen LogP contribution is -2.41. The minimum atomic E-state index is -1.06. The number of carbonyl (C=O) groups excluding carboxylic acids is 1. The van der Waals surface area contributed by atoms with Crippen LogP contribution in [0, 0.1) is 12.8 Å². The van der Waals surface area contributed by atoms with Gasteiger partial charge in [0, 0.05) is 57.6 Å². The molecule has 14 nitrogen and oxygen atoms in total. The van der Waals surface area contributed by atoms with Crippen LogP contribution in [0.2, 0.25) is 0 Å². The van der Waals surface area contributed by atoms with Gasteiger partial charge < -0.3 is 39.3 Å². The first-order chi connectivity index (χ1) is 29.3. The van der Waals surface area contributed by atoms with Crippen molar-refractivity contribution in [2.24, 2.45) is 5.92 Å². The average molecular weight is 836 g/mol. The summed E-state index contributed by atoms with van der Waals surface area (Å²) in [5, 5.41) is 20.8. The Kier molecular flexibility index (Phi) is 14.9. The third-order valence-corrected chi connectivity index (χ3v) is 11.2. The van der Waals surface area contributed by atoms with Gasteiger partial charge >= 0.3 is 6.09 Å². The summed E-state index contributed by atoms with van der Waals surface area (Å²) in [6.07, 6.45) is 7.97. The molecule has 2 N–H and O–H groups in total. The van der Waals surface area contributed by atoms with Crippen molar-refractivity contribution in [2.75, 3.05) is 56.0 Å². The van der Waals surface area contributed by atoms with Crippen LogP contribution in [0.5, 0.6) is 11.5 Å². The second-order valence-electron chi connectivity index (χ2n) is 17.3. The number of aromatic nitrogens is 5. The molecule has 0 bridgehead atoms. The van der Waals surface area contributed by atoms with Gasteiger partial charge in [-0.15, -0.1) is 5.10 Å². The third kappa shape index (κ3) is 11.6. The Morgan fingerprint density at radius 1 is 0.918 bits per heavy atom. The number of nitrogens with zero attached hydrogens (tertiary/aromatic N) is 8. The Balaban J connectivity index is 1.30. The predicted octanol–water partition coefficient (Wildman–Crippen LogP) is 8.60. The number of aryl methyl sites for hydroxylation is 1. The van der Waals surface area contributed by atoms with Gasteiger partial charge in [-0.25, -0.2) is 19.3 Å². The minimum absolute atomic E-state index is 0.184. The van der Waals surface area contributed by atoms with E-state index in [0.29, 0.717) is 54.2 Å². The number of hydrogen-bond acceptors (Lipinski definition) is 12. The van der Waals surface area contributed by atoms with Gasteiger partial charge in [0.05, 0.1) is 26.1 Å². The second-order valence-corrected chi connectivity index (χ2v) is 17.3. The van der Waals surface area contributed by atoms with Crippen LogP contribution in [-0.4, -0.2) is 93.2 Å². The van der Waals surface area contributed by atoms with Crippen LogP contribution in [0.1, 0.15) is 107 Å². The molecule has 328 valence electrons. The van der Waals surface area contributed by atoms with Crippen LogP contribution in [0.15, 0.2) is 67.0 Å². The normalized spacial score (nSPS) is 14.0. The van der Waals surface area contributed by atoms with Gasteiger partial charge in [0.15, 0.2) is 11.5 Å². The number of fused-ring (bicyclic) bond motifs is 1. The van der Waals surface area contributed by atoms with E-state index < -0.39 is 11.7 Å². The van der Waals surface area contributed by atoms with Crippen LogP contribution in [0.3, 0.4) is 0 Å². The highest BCUT2D eigenvalue weighted by Crippen LogP contribution is 2.32. The molecule has 4 heterocycles. The summed E-state index contributed by atoms with van der Waals surface area (Å²) < 4.78 is 18.2. The van der Waals surface area contributed by atoms with Crippen LogP contribution in [0.4, 0.5) is 22.4 Å². The highest BCUT2D eigenvalue weighted by Gasteiger charge is 2.28. The highest BCUT2D eigenvalue weighted by molar-refractivity contribution is 5.68. The fourth-order valence-corrected chi connectivity index (χ4v) is 7.99. The molecule has 1 aliphatic rings. The molecule has 1 saturated heterocycles. The molecule has 0 aliphatic carbocycles. The summed E-state index contributed by atoms with van der Waals surface area (Å²) in [5.74, 6) is 3.96. The number of amides is 1. The van der Waals surface area contributed by atoms with Gasteiger partial charge in [0.1, 0.15) is 29.0 Å². The van der Waals surface area contributed by atoms with Crippen LogP contribution >= 0.6 is 0 Å². The van der Waals surface area contributed by atoms with Gasteiger partial charge in [-0.2, -0.15) is 4.98 Å². The van der Waals surface area contributed by atoms with Crippen molar-refractivity contribution < 1.29 is 24.1 Å². The van der Waals surface area contributed by atoms with Crippen molar-refractivity contribution in [1.29, 1.82) is 0 Å². The topological polar surface area (TPSA) is 143 Å². The van der Waals surface area contributed by atoms with Crippen molar-refractivity contribution in [1.82, 2.24) is 29.5 Å². The number of aliphatic hydroxyl groups excluding tert-OH is 1. The standard InChI is InChI=1S/C47H65N9O5/c1-10-12-37(13-11-2)50-45-51-44(55(30-33-14-18-38(59-8)19-15-33)31-34-16-20-39(60-9)21-17-34)43-49-28-40(56(43)52-45)41(57)36-26-32(3)42(48-27-36)54-24-22-35(23-25-54)29-53(7)46(58)61-47(4,5)6/h14-21,26-28,35,37,41,57H,10-13,22-25,29-31H2,1-9H3,(H,50,52). The molecule has 3 aromatic heterocycles. The van der Waals surface area contributed by atoms with Crippen molar-refractivity contribution in [3.8, 4) is 11.5 Å². The zero-order valence-electron chi connectivity index (χ0n) is 37.5. The summed E-state index contributed by atoms with van der Waals surface area (Å²) in [5.41, 5.74) is 4.29. The number of rotatable bonds is 18. The average Bonchev–Trinajstić information content (AvgIpc) is 3.67.